The zero-order chi connectivity index (χ0) is 16.4. The highest BCUT2D eigenvalue weighted by Gasteiger charge is 2.31. The van der Waals surface area contributed by atoms with Crippen molar-refractivity contribution in [1.29, 1.82) is 0 Å². The zero-order valence-corrected chi connectivity index (χ0v) is 13.0. The zero-order valence-electron chi connectivity index (χ0n) is 12.2. The molecule has 1 unspecified atom stereocenters. The van der Waals surface area contributed by atoms with Crippen LogP contribution in [0, 0.1) is 10.1 Å². The molecule has 0 radical (unpaired) electrons. The fraction of sp³-hybridized carbons (Fsp3) is 0.312. The van der Waals surface area contributed by atoms with Gasteiger partial charge in [0.2, 0.25) is 5.15 Å². The molecule has 0 aliphatic heterocycles. The average Bonchev–Trinajstić information content (AvgIpc) is 2.55. The lowest BCUT2D eigenvalue weighted by molar-refractivity contribution is -0.384. The molecule has 1 aromatic heterocycles. The fourth-order valence-electron chi connectivity index (χ4n) is 2.81. The molecule has 23 heavy (non-hydrogen) atoms. The molecule has 0 saturated heterocycles. The number of halogens is 1. The van der Waals surface area contributed by atoms with E-state index in [0.29, 0.717) is 18.4 Å². The minimum Gasteiger partial charge on any atom is -0.299 e. The van der Waals surface area contributed by atoms with E-state index in [0.717, 1.165) is 12.8 Å². The van der Waals surface area contributed by atoms with Crippen molar-refractivity contribution < 1.29 is 9.72 Å². The van der Waals surface area contributed by atoms with Crippen molar-refractivity contribution >= 4 is 23.1 Å². The Morgan fingerprint density at radius 1 is 1.17 bits per heavy atom. The van der Waals surface area contributed by atoms with Gasteiger partial charge in [-0.2, -0.15) is 0 Å². The van der Waals surface area contributed by atoms with Crippen LogP contribution in [0.2, 0.25) is 5.15 Å². The minimum atomic E-state index is -0.586. The van der Waals surface area contributed by atoms with Gasteiger partial charge in [0.15, 0.2) is 5.69 Å². The number of carbonyl (C=O) groups excluding carboxylic acids is 1. The highest BCUT2D eigenvalue weighted by Crippen LogP contribution is 2.36. The first-order chi connectivity index (χ1) is 11.1. The molecular weight excluding hydrogens is 318 g/mol. The molecule has 1 atom stereocenters. The van der Waals surface area contributed by atoms with Crippen molar-refractivity contribution in [3.8, 4) is 11.3 Å². The standard InChI is InChI=1S/C16H14ClN3O3/c17-15-14(20(22)23)13(10-6-2-1-3-7-10)18-16(19-15)11-8-4-5-9-12(11)21/h1-3,6-7,11H,4-5,8-9H2. The molecule has 0 N–H and O–H groups in total. The second-order valence-corrected chi connectivity index (χ2v) is 5.82. The van der Waals surface area contributed by atoms with Gasteiger partial charge in [-0.3, -0.25) is 14.9 Å². The number of carbonyl (C=O) groups is 1. The summed E-state index contributed by atoms with van der Waals surface area (Å²) in [7, 11) is 0. The van der Waals surface area contributed by atoms with Gasteiger partial charge < -0.3 is 0 Å². The summed E-state index contributed by atoms with van der Waals surface area (Å²) in [6.45, 7) is 0. The fourth-order valence-corrected chi connectivity index (χ4v) is 3.06. The molecule has 7 heteroatoms. The summed E-state index contributed by atoms with van der Waals surface area (Å²) in [5.74, 6) is -0.0751. The Kier molecular flexibility index (Phi) is 4.34. The number of nitrogens with zero attached hydrogens (tertiary/aromatic N) is 3. The maximum absolute atomic E-state index is 12.1. The van der Waals surface area contributed by atoms with E-state index in [1.54, 1.807) is 24.3 Å². The number of rotatable bonds is 3. The lowest BCUT2D eigenvalue weighted by Gasteiger charge is -2.19. The largest absolute Gasteiger partial charge is 0.332 e. The van der Waals surface area contributed by atoms with Crippen molar-refractivity contribution in [3.63, 3.8) is 0 Å². The van der Waals surface area contributed by atoms with E-state index in [4.69, 9.17) is 11.6 Å². The van der Waals surface area contributed by atoms with Crippen LogP contribution < -0.4 is 0 Å². The molecule has 2 aromatic rings. The van der Waals surface area contributed by atoms with Crippen LogP contribution in [0.5, 0.6) is 0 Å². The monoisotopic (exact) mass is 331 g/mol. The number of hydrogen-bond donors (Lipinski definition) is 0. The van der Waals surface area contributed by atoms with Crippen LogP contribution in [0.25, 0.3) is 11.3 Å². The molecule has 118 valence electrons. The Hall–Kier alpha value is -2.34. The second kappa shape index (κ2) is 6.42. The summed E-state index contributed by atoms with van der Waals surface area (Å²) >= 11 is 6.04. The molecule has 0 amide bonds. The maximum Gasteiger partial charge on any atom is 0.332 e. The lowest BCUT2D eigenvalue weighted by Crippen LogP contribution is -2.20. The van der Waals surface area contributed by atoms with E-state index in [-0.39, 0.29) is 28.1 Å². The Morgan fingerprint density at radius 3 is 2.57 bits per heavy atom. The van der Waals surface area contributed by atoms with Crippen LogP contribution in [0.1, 0.15) is 37.4 Å². The van der Waals surface area contributed by atoms with Gasteiger partial charge in [-0.05, 0) is 12.8 Å². The van der Waals surface area contributed by atoms with Gasteiger partial charge in [-0.1, -0.05) is 48.4 Å². The van der Waals surface area contributed by atoms with Crippen molar-refractivity contribution in [1.82, 2.24) is 9.97 Å². The Balaban J connectivity index is 2.16. The van der Waals surface area contributed by atoms with Gasteiger partial charge in [-0.15, -0.1) is 0 Å². The third-order valence-corrected chi connectivity index (χ3v) is 4.22. The molecular formula is C16H14ClN3O3. The van der Waals surface area contributed by atoms with Crippen LogP contribution in [-0.2, 0) is 4.79 Å². The van der Waals surface area contributed by atoms with Gasteiger partial charge in [0.05, 0.1) is 10.8 Å². The predicted octanol–water partition coefficient (Wildman–Crippen LogP) is 3.93. The topological polar surface area (TPSA) is 86.0 Å². The quantitative estimate of drug-likeness (QED) is 0.483. The van der Waals surface area contributed by atoms with E-state index >= 15 is 0 Å². The Bertz CT molecular complexity index is 765. The van der Waals surface area contributed by atoms with Crippen LogP contribution in [0.15, 0.2) is 30.3 Å². The number of ketones is 1. The third kappa shape index (κ3) is 3.07. The van der Waals surface area contributed by atoms with Crippen molar-refractivity contribution in [2.45, 2.75) is 31.6 Å². The van der Waals surface area contributed by atoms with Gasteiger partial charge in [0.25, 0.3) is 0 Å². The maximum atomic E-state index is 12.1. The Morgan fingerprint density at radius 2 is 1.91 bits per heavy atom. The van der Waals surface area contributed by atoms with Gasteiger partial charge >= 0.3 is 5.69 Å². The molecule has 1 saturated carbocycles. The smallest absolute Gasteiger partial charge is 0.299 e. The van der Waals surface area contributed by atoms with Gasteiger partial charge in [0.1, 0.15) is 11.6 Å². The minimum absolute atomic E-state index is 0.0696. The molecule has 1 aromatic carbocycles. The van der Waals surface area contributed by atoms with Gasteiger partial charge in [0, 0.05) is 12.0 Å². The second-order valence-electron chi connectivity index (χ2n) is 5.46. The molecule has 3 rings (SSSR count). The first kappa shape index (κ1) is 15.6. The number of Topliss-reactive ketones (excluding diaryl/α,β-unsaturated/α-hetero) is 1. The third-order valence-electron chi connectivity index (χ3n) is 3.95. The SMILES string of the molecule is O=C1CCCCC1c1nc(Cl)c([N+](=O)[O-])c(-c2ccccc2)n1. The highest BCUT2D eigenvalue weighted by atomic mass is 35.5. The Labute approximate surface area is 137 Å². The summed E-state index contributed by atoms with van der Waals surface area (Å²) in [6.07, 6.45) is 2.92. The van der Waals surface area contributed by atoms with Crippen molar-refractivity contribution in [2.24, 2.45) is 0 Å². The predicted molar refractivity (Wildman–Crippen MR) is 85.3 cm³/mol. The van der Waals surface area contributed by atoms with Gasteiger partial charge in [-0.25, -0.2) is 9.97 Å². The summed E-state index contributed by atoms with van der Waals surface area (Å²) in [5.41, 5.74) is 0.404. The van der Waals surface area contributed by atoms with E-state index in [1.165, 1.54) is 0 Å². The molecule has 1 heterocycles. The first-order valence-electron chi connectivity index (χ1n) is 7.38. The lowest BCUT2D eigenvalue weighted by atomic mass is 9.87. The van der Waals surface area contributed by atoms with Crippen molar-refractivity contribution in [2.75, 3.05) is 0 Å². The van der Waals surface area contributed by atoms with Crippen LogP contribution in [0.4, 0.5) is 5.69 Å². The highest BCUT2D eigenvalue weighted by molar-refractivity contribution is 6.32. The molecule has 0 bridgehead atoms. The molecule has 0 spiro atoms. The van der Waals surface area contributed by atoms with E-state index in [1.807, 2.05) is 6.07 Å². The molecule has 6 nitrogen and oxygen atoms in total. The molecule has 1 aliphatic rings. The molecule has 1 aliphatic carbocycles. The van der Waals surface area contributed by atoms with Crippen LogP contribution in [-0.4, -0.2) is 20.7 Å². The van der Waals surface area contributed by atoms with E-state index in [9.17, 15) is 14.9 Å². The summed E-state index contributed by atoms with van der Waals surface area (Å²) in [5, 5.41) is 11.1. The van der Waals surface area contributed by atoms with E-state index in [2.05, 4.69) is 9.97 Å². The molecule has 1 fully saturated rings. The summed E-state index contributed by atoms with van der Waals surface area (Å²) < 4.78 is 0. The number of aromatic nitrogens is 2. The average molecular weight is 332 g/mol. The number of hydrogen-bond acceptors (Lipinski definition) is 5. The van der Waals surface area contributed by atoms with Crippen molar-refractivity contribution in [3.05, 3.63) is 51.4 Å². The normalized spacial score (nSPS) is 18.0. The number of benzene rings is 1. The summed E-state index contributed by atoms with van der Waals surface area (Å²) in [4.78, 5) is 31.3. The first-order valence-corrected chi connectivity index (χ1v) is 7.75. The number of nitro groups is 1. The van der Waals surface area contributed by atoms with E-state index < -0.39 is 10.8 Å². The summed E-state index contributed by atoms with van der Waals surface area (Å²) in [6, 6.07) is 8.78. The van der Waals surface area contributed by atoms with Crippen LogP contribution >= 0.6 is 11.6 Å². The van der Waals surface area contributed by atoms with Crippen LogP contribution in [0.3, 0.4) is 0 Å².